The maximum atomic E-state index is 9.18. The molecular formula is C22H28Cl2N6. The van der Waals surface area contributed by atoms with Gasteiger partial charge < -0.3 is 11.1 Å². The van der Waals surface area contributed by atoms with E-state index < -0.39 is 0 Å². The fourth-order valence-electron chi connectivity index (χ4n) is 5.25. The van der Waals surface area contributed by atoms with Gasteiger partial charge in [0.05, 0.1) is 16.1 Å². The van der Waals surface area contributed by atoms with Crippen molar-refractivity contribution in [2.45, 2.75) is 44.2 Å². The minimum atomic E-state index is -0.185. The summed E-state index contributed by atoms with van der Waals surface area (Å²) < 4.78 is 1.89. The molecular weight excluding hydrogens is 419 g/mol. The van der Waals surface area contributed by atoms with Crippen LogP contribution in [0.15, 0.2) is 24.4 Å². The Morgan fingerprint density at radius 3 is 2.53 bits per heavy atom. The molecule has 1 saturated carbocycles. The topological polar surface area (TPSA) is 82.9 Å². The van der Waals surface area contributed by atoms with Gasteiger partial charge in [-0.15, -0.1) is 0 Å². The molecule has 1 aliphatic carbocycles. The minimum absolute atomic E-state index is 0.185. The number of nitrogen functional groups attached to an aromatic ring is 1. The summed E-state index contributed by atoms with van der Waals surface area (Å²) in [5, 5.41) is 18.3. The third-order valence-corrected chi connectivity index (χ3v) is 7.84. The predicted octanol–water partition coefficient (Wildman–Crippen LogP) is 4.20. The number of halogens is 2. The fourth-order valence-corrected chi connectivity index (χ4v) is 5.75. The van der Waals surface area contributed by atoms with Crippen LogP contribution in [0.25, 0.3) is 0 Å². The number of nitriles is 1. The summed E-state index contributed by atoms with van der Waals surface area (Å²) in [5.74, 6) is 0.766. The van der Waals surface area contributed by atoms with Gasteiger partial charge in [-0.1, -0.05) is 35.3 Å². The molecule has 0 radical (unpaired) electrons. The van der Waals surface area contributed by atoms with E-state index in [4.69, 9.17) is 28.9 Å². The third kappa shape index (κ3) is 3.80. The monoisotopic (exact) mass is 446 g/mol. The smallest absolute Gasteiger partial charge is 0.163 e. The molecule has 0 spiro atoms. The van der Waals surface area contributed by atoms with Crippen molar-refractivity contribution in [3.8, 4) is 6.07 Å². The highest BCUT2D eigenvalue weighted by Crippen LogP contribution is 2.48. The first-order valence-corrected chi connectivity index (χ1v) is 11.4. The Morgan fingerprint density at radius 1 is 1.20 bits per heavy atom. The van der Waals surface area contributed by atoms with E-state index in [-0.39, 0.29) is 11.6 Å². The summed E-state index contributed by atoms with van der Waals surface area (Å²) in [5.41, 5.74) is 7.26. The van der Waals surface area contributed by atoms with Crippen molar-refractivity contribution in [2.75, 3.05) is 31.9 Å². The van der Waals surface area contributed by atoms with Gasteiger partial charge in [-0.2, -0.15) is 10.4 Å². The Bertz CT molecular complexity index is 938. The molecule has 2 aliphatic rings. The molecule has 160 valence electrons. The second-order valence-electron chi connectivity index (χ2n) is 8.51. The van der Waals surface area contributed by atoms with Gasteiger partial charge in [-0.05, 0) is 50.2 Å². The molecule has 1 atom stereocenters. The molecule has 30 heavy (non-hydrogen) atoms. The van der Waals surface area contributed by atoms with Gasteiger partial charge in [0.15, 0.2) is 5.82 Å². The molecule has 2 aromatic rings. The van der Waals surface area contributed by atoms with E-state index in [1.165, 1.54) is 0 Å². The number of rotatable bonds is 4. The van der Waals surface area contributed by atoms with E-state index in [2.05, 4.69) is 34.4 Å². The summed E-state index contributed by atoms with van der Waals surface area (Å²) >= 11 is 13.2. The number of nitrogens with zero attached hydrogens (tertiary/aromatic N) is 4. The lowest BCUT2D eigenvalue weighted by atomic mass is 9.69. The van der Waals surface area contributed by atoms with E-state index in [9.17, 15) is 5.26 Å². The van der Waals surface area contributed by atoms with Gasteiger partial charge in [0, 0.05) is 37.9 Å². The Hall–Kier alpha value is -1.78. The molecule has 0 bridgehead atoms. The van der Waals surface area contributed by atoms with Crippen LogP contribution < -0.4 is 11.1 Å². The summed E-state index contributed by atoms with van der Waals surface area (Å²) in [6, 6.07) is 8.39. The normalized spacial score (nSPS) is 24.9. The van der Waals surface area contributed by atoms with E-state index in [0.29, 0.717) is 27.3 Å². The lowest BCUT2D eigenvalue weighted by Gasteiger charge is -2.51. The molecule has 8 heteroatoms. The Labute approximate surface area is 187 Å². The van der Waals surface area contributed by atoms with E-state index in [1.807, 2.05) is 16.8 Å². The third-order valence-electron chi connectivity index (χ3n) is 7.02. The molecule has 1 saturated heterocycles. The SMILES string of the molecule is CC(c1cccc(Cl)c1Cl)(C1CCC(n2cc(C#N)c(N)n2)CC1)N1CCNCC1. The summed E-state index contributed by atoms with van der Waals surface area (Å²) in [4.78, 5) is 2.58. The van der Waals surface area contributed by atoms with Gasteiger partial charge in [-0.3, -0.25) is 9.58 Å². The van der Waals surface area contributed by atoms with E-state index in [1.54, 1.807) is 6.20 Å². The van der Waals surface area contributed by atoms with Crippen LogP contribution in [0, 0.1) is 17.2 Å². The lowest BCUT2D eigenvalue weighted by molar-refractivity contribution is 0.00966. The molecule has 1 aliphatic heterocycles. The Kier molecular flexibility index (Phi) is 6.26. The molecule has 2 fully saturated rings. The van der Waals surface area contributed by atoms with Gasteiger partial charge in [0.25, 0.3) is 0 Å². The van der Waals surface area contributed by atoms with E-state index in [0.717, 1.165) is 57.4 Å². The summed E-state index contributed by atoms with van der Waals surface area (Å²) in [7, 11) is 0. The van der Waals surface area contributed by atoms with Crippen LogP contribution >= 0.6 is 23.2 Å². The zero-order valence-corrected chi connectivity index (χ0v) is 18.8. The number of nitrogens with one attached hydrogen (secondary N) is 1. The van der Waals surface area contributed by atoms with Crippen molar-refractivity contribution in [1.29, 1.82) is 5.26 Å². The van der Waals surface area contributed by atoms with Crippen LogP contribution in [0.5, 0.6) is 0 Å². The first-order chi connectivity index (χ1) is 14.4. The molecule has 1 unspecified atom stereocenters. The number of anilines is 1. The number of hydrogen-bond donors (Lipinski definition) is 2. The minimum Gasteiger partial charge on any atom is -0.381 e. The highest BCUT2D eigenvalue weighted by Gasteiger charge is 2.44. The number of benzene rings is 1. The number of hydrogen-bond acceptors (Lipinski definition) is 5. The average molecular weight is 447 g/mol. The van der Waals surface area contributed by atoms with Gasteiger partial charge in [0.2, 0.25) is 0 Å². The number of piperazine rings is 1. The van der Waals surface area contributed by atoms with Crippen LogP contribution in [-0.2, 0) is 5.54 Å². The zero-order chi connectivity index (χ0) is 21.3. The fraction of sp³-hybridized carbons (Fsp3) is 0.545. The number of nitrogens with two attached hydrogens (primary N) is 1. The Balaban J connectivity index is 1.61. The maximum absolute atomic E-state index is 9.18. The van der Waals surface area contributed by atoms with Crippen molar-refractivity contribution in [2.24, 2.45) is 5.92 Å². The molecule has 3 N–H and O–H groups in total. The molecule has 1 aromatic heterocycles. The quantitative estimate of drug-likeness (QED) is 0.734. The average Bonchev–Trinajstić information content (AvgIpc) is 3.16. The molecule has 1 aromatic carbocycles. The first kappa shape index (κ1) is 21.5. The Morgan fingerprint density at radius 2 is 1.90 bits per heavy atom. The lowest BCUT2D eigenvalue weighted by Crippen LogP contribution is -2.56. The largest absolute Gasteiger partial charge is 0.381 e. The molecule has 6 nitrogen and oxygen atoms in total. The second-order valence-corrected chi connectivity index (χ2v) is 9.30. The van der Waals surface area contributed by atoms with Crippen molar-refractivity contribution < 1.29 is 0 Å². The number of aromatic nitrogens is 2. The van der Waals surface area contributed by atoms with Crippen LogP contribution in [0.4, 0.5) is 5.82 Å². The van der Waals surface area contributed by atoms with Crippen LogP contribution in [0.1, 0.15) is 49.8 Å². The van der Waals surface area contributed by atoms with Gasteiger partial charge in [0.1, 0.15) is 11.6 Å². The van der Waals surface area contributed by atoms with Crippen LogP contribution in [0.3, 0.4) is 0 Å². The molecule has 2 heterocycles. The van der Waals surface area contributed by atoms with Crippen molar-refractivity contribution in [1.82, 2.24) is 20.0 Å². The van der Waals surface area contributed by atoms with Gasteiger partial charge in [-0.25, -0.2) is 0 Å². The summed E-state index contributed by atoms with van der Waals surface area (Å²) in [6.07, 6.45) is 5.88. The zero-order valence-electron chi connectivity index (χ0n) is 17.2. The van der Waals surface area contributed by atoms with E-state index >= 15 is 0 Å². The van der Waals surface area contributed by atoms with Gasteiger partial charge >= 0.3 is 0 Å². The van der Waals surface area contributed by atoms with Crippen LogP contribution in [0.2, 0.25) is 10.0 Å². The predicted molar refractivity (Wildman–Crippen MR) is 121 cm³/mol. The van der Waals surface area contributed by atoms with Crippen molar-refractivity contribution in [3.63, 3.8) is 0 Å². The highest BCUT2D eigenvalue weighted by atomic mass is 35.5. The first-order valence-electron chi connectivity index (χ1n) is 10.6. The highest BCUT2D eigenvalue weighted by molar-refractivity contribution is 6.42. The molecule has 4 rings (SSSR count). The maximum Gasteiger partial charge on any atom is 0.163 e. The van der Waals surface area contributed by atoms with Crippen LogP contribution in [-0.4, -0.2) is 40.9 Å². The van der Waals surface area contributed by atoms with Crippen molar-refractivity contribution >= 4 is 29.0 Å². The second kappa shape index (κ2) is 8.76. The summed E-state index contributed by atoms with van der Waals surface area (Å²) in [6.45, 7) is 6.26. The molecule has 0 amide bonds. The van der Waals surface area contributed by atoms with Crippen molar-refractivity contribution in [3.05, 3.63) is 45.6 Å². The standard InChI is InChI=1S/C22H28Cl2N6/c1-22(29-11-9-27-10-12-29,18-3-2-4-19(23)20(18)24)16-5-7-17(8-6-16)30-14-15(13-25)21(26)28-30/h2-4,14,16-17,27H,5-12H2,1H3,(H2,26,28).